The predicted molar refractivity (Wildman–Crippen MR) is 120 cm³/mol. The molecule has 1 N–H and O–H groups in total. The highest BCUT2D eigenvalue weighted by Gasteiger charge is 2.23. The number of piperidine rings is 1. The lowest BCUT2D eigenvalue weighted by Crippen LogP contribution is -2.46. The molecule has 0 bridgehead atoms. The van der Waals surface area contributed by atoms with Crippen molar-refractivity contribution in [2.24, 2.45) is 0 Å². The molecule has 0 saturated carbocycles. The SMILES string of the molecule is Cc1ccc(-c2nnc(CCC(=O)NCC3CCCCN3Cc3ccccc3)o2)cc1. The molecule has 2 aromatic carbocycles. The van der Waals surface area contributed by atoms with Gasteiger partial charge >= 0.3 is 0 Å². The van der Waals surface area contributed by atoms with Crippen LogP contribution in [0.1, 0.15) is 42.7 Å². The van der Waals surface area contributed by atoms with Crippen molar-refractivity contribution in [3.05, 3.63) is 71.6 Å². The van der Waals surface area contributed by atoms with Crippen LogP contribution in [0, 0.1) is 6.92 Å². The van der Waals surface area contributed by atoms with Gasteiger partial charge in [0, 0.05) is 37.5 Å². The maximum absolute atomic E-state index is 12.4. The second-order valence-corrected chi connectivity index (χ2v) is 8.28. The Morgan fingerprint density at radius 3 is 2.71 bits per heavy atom. The summed E-state index contributed by atoms with van der Waals surface area (Å²) in [6.45, 7) is 4.74. The van der Waals surface area contributed by atoms with Gasteiger partial charge in [0.1, 0.15) is 0 Å². The van der Waals surface area contributed by atoms with Crippen LogP contribution in [-0.2, 0) is 17.8 Å². The van der Waals surface area contributed by atoms with Crippen LogP contribution < -0.4 is 5.32 Å². The molecule has 31 heavy (non-hydrogen) atoms. The van der Waals surface area contributed by atoms with E-state index in [9.17, 15) is 4.79 Å². The first-order valence-corrected chi connectivity index (χ1v) is 11.1. The number of aryl methyl sites for hydroxylation is 2. The Hall–Kier alpha value is -2.99. The summed E-state index contributed by atoms with van der Waals surface area (Å²) in [7, 11) is 0. The first-order valence-electron chi connectivity index (χ1n) is 11.1. The van der Waals surface area contributed by atoms with Gasteiger partial charge in [-0.3, -0.25) is 9.69 Å². The number of benzene rings is 2. The number of nitrogens with zero attached hydrogens (tertiary/aromatic N) is 3. The number of amides is 1. The van der Waals surface area contributed by atoms with Gasteiger partial charge in [-0.25, -0.2) is 0 Å². The van der Waals surface area contributed by atoms with E-state index in [1.165, 1.54) is 24.0 Å². The molecular formula is C25H30N4O2. The third kappa shape index (κ3) is 6.01. The van der Waals surface area contributed by atoms with Crippen molar-refractivity contribution in [3.63, 3.8) is 0 Å². The van der Waals surface area contributed by atoms with Crippen LogP contribution in [0.5, 0.6) is 0 Å². The first kappa shape index (κ1) is 21.2. The van der Waals surface area contributed by atoms with E-state index < -0.39 is 0 Å². The number of hydrogen-bond donors (Lipinski definition) is 1. The quantitative estimate of drug-likeness (QED) is 0.595. The van der Waals surface area contributed by atoms with Crippen LogP contribution in [0.2, 0.25) is 0 Å². The van der Waals surface area contributed by atoms with Crippen molar-refractivity contribution in [1.29, 1.82) is 0 Å². The Kier molecular flexibility index (Phi) is 7.10. The summed E-state index contributed by atoms with van der Waals surface area (Å²) in [5.41, 5.74) is 3.39. The topological polar surface area (TPSA) is 71.3 Å². The molecule has 1 aliphatic heterocycles. The summed E-state index contributed by atoms with van der Waals surface area (Å²) >= 11 is 0. The second kappa shape index (κ2) is 10.4. The fourth-order valence-electron chi connectivity index (χ4n) is 4.03. The van der Waals surface area contributed by atoms with Gasteiger partial charge in [-0.1, -0.05) is 54.4 Å². The normalized spacial score (nSPS) is 16.9. The van der Waals surface area contributed by atoms with Crippen molar-refractivity contribution >= 4 is 5.91 Å². The number of rotatable bonds is 8. The third-order valence-corrected chi connectivity index (χ3v) is 5.84. The van der Waals surface area contributed by atoms with Gasteiger partial charge in [0.15, 0.2) is 0 Å². The maximum Gasteiger partial charge on any atom is 0.247 e. The predicted octanol–water partition coefficient (Wildman–Crippen LogP) is 4.15. The molecule has 162 valence electrons. The van der Waals surface area contributed by atoms with Crippen molar-refractivity contribution in [2.45, 2.75) is 51.6 Å². The van der Waals surface area contributed by atoms with Crippen molar-refractivity contribution in [1.82, 2.24) is 20.4 Å². The van der Waals surface area contributed by atoms with Gasteiger partial charge in [0.2, 0.25) is 17.7 Å². The number of hydrogen-bond acceptors (Lipinski definition) is 5. The number of nitrogens with one attached hydrogen (secondary N) is 1. The highest BCUT2D eigenvalue weighted by molar-refractivity contribution is 5.76. The minimum absolute atomic E-state index is 0.0281. The van der Waals surface area contributed by atoms with E-state index in [-0.39, 0.29) is 5.91 Å². The Balaban J connectivity index is 1.24. The van der Waals surface area contributed by atoms with Gasteiger partial charge in [0.05, 0.1) is 0 Å². The van der Waals surface area contributed by atoms with Crippen LogP contribution >= 0.6 is 0 Å². The second-order valence-electron chi connectivity index (χ2n) is 8.28. The fraction of sp³-hybridized carbons (Fsp3) is 0.400. The van der Waals surface area contributed by atoms with E-state index in [0.717, 1.165) is 25.1 Å². The van der Waals surface area contributed by atoms with Gasteiger partial charge in [-0.2, -0.15) is 0 Å². The Morgan fingerprint density at radius 1 is 1.10 bits per heavy atom. The fourth-order valence-corrected chi connectivity index (χ4v) is 4.03. The Morgan fingerprint density at radius 2 is 1.90 bits per heavy atom. The molecule has 6 heteroatoms. The van der Waals surface area contributed by atoms with Crippen LogP contribution in [0.4, 0.5) is 0 Å². The number of aromatic nitrogens is 2. The molecule has 1 amide bonds. The molecule has 1 aliphatic rings. The average Bonchev–Trinajstić information content (AvgIpc) is 3.27. The average molecular weight is 419 g/mol. The van der Waals surface area contributed by atoms with E-state index in [2.05, 4.69) is 44.7 Å². The molecule has 1 unspecified atom stereocenters. The molecule has 4 rings (SSSR count). The van der Waals surface area contributed by atoms with E-state index >= 15 is 0 Å². The molecule has 2 heterocycles. The molecule has 0 aliphatic carbocycles. The smallest absolute Gasteiger partial charge is 0.247 e. The molecule has 1 saturated heterocycles. The van der Waals surface area contributed by atoms with Crippen molar-refractivity contribution in [3.8, 4) is 11.5 Å². The molecule has 1 aromatic heterocycles. The number of likely N-dealkylation sites (tertiary alicyclic amines) is 1. The highest BCUT2D eigenvalue weighted by Crippen LogP contribution is 2.20. The van der Waals surface area contributed by atoms with Crippen LogP contribution in [-0.4, -0.2) is 40.1 Å². The van der Waals surface area contributed by atoms with Crippen LogP contribution in [0.25, 0.3) is 11.5 Å². The van der Waals surface area contributed by atoms with Gasteiger partial charge in [-0.15, -0.1) is 10.2 Å². The summed E-state index contributed by atoms with van der Waals surface area (Å²) in [6, 6.07) is 18.9. The van der Waals surface area contributed by atoms with E-state index in [4.69, 9.17) is 4.42 Å². The molecule has 1 atom stereocenters. The lowest BCUT2D eigenvalue weighted by atomic mass is 10.0. The lowest BCUT2D eigenvalue weighted by Gasteiger charge is -2.35. The van der Waals surface area contributed by atoms with E-state index in [1.807, 2.05) is 37.3 Å². The Labute approximate surface area is 183 Å². The summed E-state index contributed by atoms with van der Waals surface area (Å²) in [4.78, 5) is 14.9. The minimum atomic E-state index is 0.0281. The summed E-state index contributed by atoms with van der Waals surface area (Å²) in [5.74, 6) is 1.02. The molecule has 0 radical (unpaired) electrons. The number of carbonyl (C=O) groups is 1. The third-order valence-electron chi connectivity index (χ3n) is 5.84. The highest BCUT2D eigenvalue weighted by atomic mass is 16.4. The summed E-state index contributed by atoms with van der Waals surface area (Å²) in [6.07, 6.45) is 4.36. The maximum atomic E-state index is 12.4. The lowest BCUT2D eigenvalue weighted by molar-refractivity contribution is -0.121. The largest absolute Gasteiger partial charge is 0.421 e. The van der Waals surface area contributed by atoms with Crippen molar-refractivity contribution < 1.29 is 9.21 Å². The summed E-state index contributed by atoms with van der Waals surface area (Å²) in [5, 5.41) is 11.3. The molecular weight excluding hydrogens is 388 g/mol. The standard InChI is InChI=1S/C25H30N4O2/c1-19-10-12-21(13-11-19)25-28-27-24(31-25)15-14-23(30)26-17-22-9-5-6-16-29(22)18-20-7-3-2-4-8-20/h2-4,7-8,10-13,22H,5-6,9,14-18H2,1H3,(H,26,30). The van der Waals surface area contributed by atoms with E-state index in [0.29, 0.717) is 37.2 Å². The van der Waals surface area contributed by atoms with E-state index in [1.54, 1.807) is 0 Å². The Bertz CT molecular complexity index is 969. The minimum Gasteiger partial charge on any atom is -0.421 e. The molecule has 0 spiro atoms. The van der Waals surface area contributed by atoms with Gasteiger partial charge in [-0.05, 0) is 44.0 Å². The molecule has 1 fully saturated rings. The summed E-state index contributed by atoms with van der Waals surface area (Å²) < 4.78 is 5.73. The van der Waals surface area contributed by atoms with Crippen molar-refractivity contribution in [2.75, 3.05) is 13.1 Å². The molecule has 3 aromatic rings. The zero-order valence-electron chi connectivity index (χ0n) is 18.1. The van der Waals surface area contributed by atoms with Crippen LogP contribution in [0.15, 0.2) is 59.0 Å². The molecule has 6 nitrogen and oxygen atoms in total. The zero-order chi connectivity index (χ0) is 21.5. The number of carbonyl (C=O) groups excluding carboxylic acids is 1. The van der Waals surface area contributed by atoms with Crippen LogP contribution in [0.3, 0.4) is 0 Å². The monoisotopic (exact) mass is 418 g/mol. The first-order chi connectivity index (χ1) is 15.2. The zero-order valence-corrected chi connectivity index (χ0v) is 18.1. The van der Waals surface area contributed by atoms with Gasteiger partial charge < -0.3 is 9.73 Å². The van der Waals surface area contributed by atoms with Gasteiger partial charge in [0.25, 0.3) is 0 Å².